The van der Waals surface area contributed by atoms with Gasteiger partial charge in [-0.3, -0.25) is 14.4 Å². The minimum Gasteiger partial charge on any atom is -0.510 e. The maximum absolute atomic E-state index is 13.4. The Morgan fingerprint density at radius 1 is 1.17 bits per heavy atom. The molecular formula is C23H22Cl2O5. The van der Waals surface area contributed by atoms with E-state index in [9.17, 15) is 19.5 Å². The zero-order chi connectivity index (χ0) is 22.6. The monoisotopic (exact) mass is 448 g/mol. The van der Waals surface area contributed by atoms with E-state index in [-0.39, 0.29) is 10.6 Å². The smallest absolute Gasteiger partial charge is 0.201 e. The molecule has 0 spiro atoms. The Balaban J connectivity index is 2.12. The van der Waals surface area contributed by atoms with E-state index >= 15 is 0 Å². The van der Waals surface area contributed by atoms with Gasteiger partial charge in [0, 0.05) is 17.0 Å². The lowest BCUT2D eigenvalue weighted by Crippen LogP contribution is -2.50. The maximum atomic E-state index is 13.4. The van der Waals surface area contributed by atoms with Crippen LogP contribution in [-0.4, -0.2) is 29.1 Å². The molecule has 3 rings (SSSR count). The number of carbonyl (C=O) groups is 3. The SMILES string of the molecule is C=C1OCC=C1Cc1c(Cl)ccc(C(=O)C2=C(O)C(C)(C)C(=O)C(C)(C)C2=O)c1Cl. The number of hydrogen-bond acceptors (Lipinski definition) is 5. The van der Waals surface area contributed by atoms with Crippen molar-refractivity contribution in [1.29, 1.82) is 0 Å². The van der Waals surface area contributed by atoms with Gasteiger partial charge in [-0.25, -0.2) is 0 Å². The second-order valence-electron chi connectivity index (χ2n) is 8.49. The number of ether oxygens (including phenoxy) is 1. The molecule has 0 aromatic heterocycles. The van der Waals surface area contributed by atoms with E-state index in [0.717, 1.165) is 5.57 Å². The molecule has 0 atom stereocenters. The molecule has 1 aliphatic carbocycles. The van der Waals surface area contributed by atoms with Crippen molar-refractivity contribution in [3.63, 3.8) is 0 Å². The van der Waals surface area contributed by atoms with Gasteiger partial charge in [0.25, 0.3) is 0 Å². The van der Waals surface area contributed by atoms with Gasteiger partial charge in [-0.05, 0) is 57.0 Å². The molecule has 0 amide bonds. The number of benzene rings is 1. The molecule has 1 aromatic carbocycles. The number of allylic oxidation sites excluding steroid dienone is 3. The van der Waals surface area contributed by atoms with Crippen LogP contribution < -0.4 is 0 Å². The summed E-state index contributed by atoms with van der Waals surface area (Å²) in [5.41, 5.74) is -1.95. The largest absolute Gasteiger partial charge is 0.510 e. The van der Waals surface area contributed by atoms with Gasteiger partial charge in [-0.1, -0.05) is 29.8 Å². The highest BCUT2D eigenvalue weighted by molar-refractivity contribution is 6.41. The molecule has 1 N–H and O–H groups in total. The van der Waals surface area contributed by atoms with Gasteiger partial charge in [0.2, 0.25) is 5.78 Å². The van der Waals surface area contributed by atoms with Crippen LogP contribution in [-0.2, 0) is 20.7 Å². The number of ketones is 3. The Labute approximate surface area is 185 Å². The molecule has 7 heteroatoms. The maximum Gasteiger partial charge on any atom is 0.201 e. The van der Waals surface area contributed by atoms with Gasteiger partial charge >= 0.3 is 0 Å². The molecule has 0 unspecified atom stereocenters. The summed E-state index contributed by atoms with van der Waals surface area (Å²) in [6.45, 7) is 10.1. The van der Waals surface area contributed by atoms with Crippen LogP contribution in [0.3, 0.4) is 0 Å². The number of rotatable bonds is 4. The number of hydrogen-bond donors (Lipinski definition) is 1. The summed E-state index contributed by atoms with van der Waals surface area (Å²) in [5.74, 6) is -1.98. The molecule has 0 radical (unpaired) electrons. The number of aliphatic hydroxyl groups is 1. The first-order chi connectivity index (χ1) is 13.8. The predicted octanol–water partition coefficient (Wildman–Crippen LogP) is 5.21. The lowest BCUT2D eigenvalue weighted by molar-refractivity contribution is -0.144. The molecule has 0 fully saturated rings. The fourth-order valence-electron chi connectivity index (χ4n) is 3.82. The second kappa shape index (κ2) is 7.40. The lowest BCUT2D eigenvalue weighted by Gasteiger charge is -2.37. The summed E-state index contributed by atoms with van der Waals surface area (Å²) in [7, 11) is 0. The summed E-state index contributed by atoms with van der Waals surface area (Å²) in [5, 5.41) is 11.1. The minimum atomic E-state index is -1.45. The van der Waals surface area contributed by atoms with Crippen LogP contribution in [0.5, 0.6) is 0 Å². The Hall–Kier alpha value is -2.37. The van der Waals surface area contributed by atoms with E-state index in [2.05, 4.69) is 6.58 Å². The minimum absolute atomic E-state index is 0.0250. The summed E-state index contributed by atoms with van der Waals surface area (Å²) in [6, 6.07) is 2.93. The Bertz CT molecular complexity index is 1070. The predicted molar refractivity (Wildman–Crippen MR) is 115 cm³/mol. The van der Waals surface area contributed by atoms with E-state index in [1.54, 1.807) is 0 Å². The molecule has 30 heavy (non-hydrogen) atoms. The average molecular weight is 449 g/mol. The zero-order valence-corrected chi connectivity index (χ0v) is 18.7. The van der Waals surface area contributed by atoms with Gasteiger partial charge in [0.05, 0.1) is 15.9 Å². The van der Waals surface area contributed by atoms with E-state index in [1.807, 2.05) is 6.08 Å². The van der Waals surface area contributed by atoms with Crippen molar-refractivity contribution in [2.24, 2.45) is 10.8 Å². The lowest BCUT2D eigenvalue weighted by atomic mass is 9.62. The number of halogens is 2. The van der Waals surface area contributed by atoms with Crippen molar-refractivity contribution in [1.82, 2.24) is 0 Å². The Morgan fingerprint density at radius 3 is 2.37 bits per heavy atom. The topological polar surface area (TPSA) is 80.7 Å². The first-order valence-electron chi connectivity index (χ1n) is 9.38. The van der Waals surface area contributed by atoms with Crippen LogP contribution in [0.4, 0.5) is 0 Å². The third kappa shape index (κ3) is 3.30. The first kappa shape index (κ1) is 22.3. The van der Waals surface area contributed by atoms with Crippen LogP contribution >= 0.6 is 23.2 Å². The van der Waals surface area contributed by atoms with Crippen LogP contribution in [0.2, 0.25) is 10.0 Å². The summed E-state index contributed by atoms with van der Waals surface area (Å²) in [6.07, 6.45) is 2.14. The quantitative estimate of drug-likeness (QED) is 0.388. The van der Waals surface area contributed by atoms with Gasteiger partial charge in [-0.15, -0.1) is 0 Å². The fourth-order valence-corrected chi connectivity index (χ4v) is 4.41. The van der Waals surface area contributed by atoms with Crippen molar-refractivity contribution in [3.8, 4) is 0 Å². The normalized spacial score (nSPS) is 20.3. The molecular weight excluding hydrogens is 427 g/mol. The van der Waals surface area contributed by atoms with Crippen molar-refractivity contribution in [2.45, 2.75) is 34.1 Å². The summed E-state index contributed by atoms with van der Waals surface area (Å²) < 4.78 is 5.32. The molecule has 158 valence electrons. The standard InChI is InChI=1S/C23H22Cl2O5/c1-11-12(8-9-30-11)10-14-15(24)7-6-13(17(14)25)18(26)16-19(27)22(2,3)21(29)23(4,5)20(16)28/h6-8,27H,1,9-10H2,2-5H3. The number of carbonyl (C=O) groups excluding carboxylic acids is 3. The highest BCUT2D eigenvalue weighted by Gasteiger charge is 2.54. The van der Waals surface area contributed by atoms with E-state index < -0.39 is 39.5 Å². The fraction of sp³-hybridized carbons (Fsp3) is 0.348. The van der Waals surface area contributed by atoms with Gasteiger partial charge < -0.3 is 9.84 Å². The van der Waals surface area contributed by atoms with Crippen LogP contribution in [0.1, 0.15) is 43.6 Å². The molecule has 0 bridgehead atoms. The molecule has 0 saturated carbocycles. The van der Waals surface area contributed by atoms with Gasteiger partial charge in [-0.2, -0.15) is 0 Å². The van der Waals surface area contributed by atoms with E-state index in [1.165, 1.54) is 39.8 Å². The zero-order valence-electron chi connectivity index (χ0n) is 17.2. The summed E-state index contributed by atoms with van der Waals surface area (Å²) >= 11 is 12.9. The number of Topliss-reactive ketones (excluding diaryl/α,β-unsaturated/α-hetero) is 3. The third-order valence-electron chi connectivity index (χ3n) is 5.73. The van der Waals surface area contributed by atoms with E-state index in [0.29, 0.717) is 29.4 Å². The Kier molecular flexibility index (Phi) is 5.50. The van der Waals surface area contributed by atoms with Crippen molar-refractivity contribution < 1.29 is 24.2 Å². The number of aliphatic hydroxyl groups excluding tert-OH is 1. The molecule has 1 heterocycles. The molecule has 2 aliphatic rings. The molecule has 0 saturated heterocycles. The summed E-state index contributed by atoms with van der Waals surface area (Å²) in [4.78, 5) is 39.0. The van der Waals surface area contributed by atoms with Crippen LogP contribution in [0.25, 0.3) is 0 Å². The van der Waals surface area contributed by atoms with Crippen LogP contribution in [0.15, 0.2) is 47.5 Å². The average Bonchev–Trinajstić information content (AvgIpc) is 3.07. The highest BCUT2D eigenvalue weighted by Crippen LogP contribution is 2.44. The van der Waals surface area contributed by atoms with E-state index in [4.69, 9.17) is 27.9 Å². The molecule has 1 aromatic rings. The third-order valence-corrected chi connectivity index (χ3v) is 6.52. The second-order valence-corrected chi connectivity index (χ2v) is 9.27. The first-order valence-corrected chi connectivity index (χ1v) is 10.1. The van der Waals surface area contributed by atoms with Crippen molar-refractivity contribution in [2.75, 3.05) is 6.61 Å². The van der Waals surface area contributed by atoms with Crippen molar-refractivity contribution >= 4 is 40.6 Å². The highest BCUT2D eigenvalue weighted by atomic mass is 35.5. The Morgan fingerprint density at radius 2 is 1.80 bits per heavy atom. The van der Waals surface area contributed by atoms with Crippen LogP contribution in [0, 0.1) is 10.8 Å². The van der Waals surface area contributed by atoms with Crippen molar-refractivity contribution in [3.05, 3.63) is 68.6 Å². The van der Waals surface area contributed by atoms with Gasteiger partial charge in [0.15, 0.2) is 11.6 Å². The molecule has 5 nitrogen and oxygen atoms in total. The van der Waals surface area contributed by atoms with Gasteiger partial charge in [0.1, 0.15) is 23.7 Å². The molecule has 1 aliphatic heterocycles.